The third-order valence-electron chi connectivity index (χ3n) is 3.21. The Hall–Kier alpha value is -0.870. The van der Waals surface area contributed by atoms with Crippen molar-refractivity contribution < 1.29 is 0 Å². The van der Waals surface area contributed by atoms with Gasteiger partial charge in [0.15, 0.2) is 0 Å². The number of rotatable bonds is 3. The standard InChI is InChI=1S/C12H22N4/c1-3-16-12(7-10(2)14-16)9-15-6-4-5-11(13)8-15/h7,11H,3-6,8-9,13H2,1-2H3/t11-/m1/s1. The lowest BCUT2D eigenvalue weighted by Crippen LogP contribution is -2.42. The molecule has 1 aromatic rings. The van der Waals surface area contributed by atoms with Crippen molar-refractivity contribution in [1.82, 2.24) is 14.7 Å². The molecular weight excluding hydrogens is 200 g/mol. The Labute approximate surface area is 97.4 Å². The maximum absolute atomic E-state index is 5.99. The van der Waals surface area contributed by atoms with Gasteiger partial charge in [0.2, 0.25) is 0 Å². The summed E-state index contributed by atoms with van der Waals surface area (Å²) in [6.45, 7) is 8.32. The molecule has 0 aromatic carbocycles. The molecule has 0 amide bonds. The SMILES string of the molecule is CCn1nc(C)cc1CN1CCC[C@@H](N)C1. The second kappa shape index (κ2) is 4.97. The van der Waals surface area contributed by atoms with Gasteiger partial charge in [0, 0.05) is 25.7 Å². The lowest BCUT2D eigenvalue weighted by molar-refractivity contribution is 0.196. The predicted molar refractivity (Wildman–Crippen MR) is 65.1 cm³/mol. The van der Waals surface area contributed by atoms with Crippen LogP contribution in [0.5, 0.6) is 0 Å². The quantitative estimate of drug-likeness (QED) is 0.834. The molecule has 0 aliphatic carbocycles. The average molecular weight is 222 g/mol. The molecule has 1 fully saturated rings. The third-order valence-corrected chi connectivity index (χ3v) is 3.21. The third kappa shape index (κ3) is 2.62. The highest BCUT2D eigenvalue weighted by atomic mass is 15.3. The monoisotopic (exact) mass is 222 g/mol. The number of aryl methyl sites for hydroxylation is 2. The second-order valence-corrected chi connectivity index (χ2v) is 4.73. The molecule has 2 N–H and O–H groups in total. The summed E-state index contributed by atoms with van der Waals surface area (Å²) in [5.74, 6) is 0. The summed E-state index contributed by atoms with van der Waals surface area (Å²) >= 11 is 0. The van der Waals surface area contributed by atoms with Crippen LogP contribution in [-0.2, 0) is 13.1 Å². The topological polar surface area (TPSA) is 47.1 Å². The molecule has 1 atom stereocenters. The zero-order valence-electron chi connectivity index (χ0n) is 10.3. The van der Waals surface area contributed by atoms with Crippen LogP contribution in [0.3, 0.4) is 0 Å². The zero-order valence-corrected chi connectivity index (χ0v) is 10.3. The van der Waals surface area contributed by atoms with Crippen LogP contribution in [0, 0.1) is 6.92 Å². The zero-order chi connectivity index (χ0) is 11.5. The van der Waals surface area contributed by atoms with Crippen LogP contribution in [0.1, 0.15) is 31.2 Å². The molecule has 4 heteroatoms. The van der Waals surface area contributed by atoms with Crippen LogP contribution in [-0.4, -0.2) is 33.8 Å². The normalized spacial score (nSPS) is 22.6. The van der Waals surface area contributed by atoms with Crippen molar-refractivity contribution in [2.75, 3.05) is 13.1 Å². The number of nitrogens with two attached hydrogens (primary N) is 1. The Morgan fingerprint density at radius 2 is 2.38 bits per heavy atom. The lowest BCUT2D eigenvalue weighted by atomic mass is 10.1. The number of hydrogen-bond donors (Lipinski definition) is 1. The molecule has 1 aliphatic heterocycles. The number of piperidine rings is 1. The molecular formula is C12H22N4. The number of hydrogen-bond acceptors (Lipinski definition) is 3. The Morgan fingerprint density at radius 1 is 1.56 bits per heavy atom. The van der Waals surface area contributed by atoms with Crippen molar-refractivity contribution in [2.45, 2.75) is 45.8 Å². The minimum absolute atomic E-state index is 0.354. The Morgan fingerprint density at radius 3 is 3.06 bits per heavy atom. The van der Waals surface area contributed by atoms with Gasteiger partial charge in [-0.2, -0.15) is 5.10 Å². The van der Waals surface area contributed by atoms with E-state index in [0.717, 1.165) is 25.3 Å². The highest BCUT2D eigenvalue weighted by Crippen LogP contribution is 2.13. The molecule has 0 spiro atoms. The summed E-state index contributed by atoms with van der Waals surface area (Å²) in [6.07, 6.45) is 2.39. The van der Waals surface area contributed by atoms with Gasteiger partial charge in [-0.15, -0.1) is 0 Å². The van der Waals surface area contributed by atoms with Crippen molar-refractivity contribution in [3.8, 4) is 0 Å². The molecule has 0 radical (unpaired) electrons. The van der Waals surface area contributed by atoms with Crippen molar-refractivity contribution in [3.05, 3.63) is 17.5 Å². The Balaban J connectivity index is 2.02. The summed E-state index contributed by atoms with van der Waals surface area (Å²) in [7, 11) is 0. The van der Waals surface area contributed by atoms with Gasteiger partial charge < -0.3 is 5.73 Å². The Bertz CT molecular complexity index is 345. The summed E-state index contributed by atoms with van der Waals surface area (Å²) < 4.78 is 2.09. The summed E-state index contributed by atoms with van der Waals surface area (Å²) in [4.78, 5) is 2.44. The molecule has 2 rings (SSSR count). The molecule has 2 heterocycles. The van der Waals surface area contributed by atoms with Crippen LogP contribution in [0.4, 0.5) is 0 Å². The van der Waals surface area contributed by atoms with Crippen molar-refractivity contribution in [3.63, 3.8) is 0 Å². The van der Waals surface area contributed by atoms with E-state index in [1.54, 1.807) is 0 Å². The van der Waals surface area contributed by atoms with Crippen molar-refractivity contribution in [1.29, 1.82) is 0 Å². The van der Waals surface area contributed by atoms with Gasteiger partial charge in [0.25, 0.3) is 0 Å². The minimum atomic E-state index is 0.354. The first-order valence-electron chi connectivity index (χ1n) is 6.20. The number of aromatic nitrogens is 2. The van der Waals surface area contributed by atoms with Gasteiger partial charge >= 0.3 is 0 Å². The molecule has 4 nitrogen and oxygen atoms in total. The van der Waals surface area contributed by atoms with E-state index in [0.29, 0.717) is 6.04 Å². The van der Waals surface area contributed by atoms with Crippen LogP contribution in [0.2, 0.25) is 0 Å². The number of nitrogens with zero attached hydrogens (tertiary/aromatic N) is 3. The van der Waals surface area contributed by atoms with E-state index in [1.807, 2.05) is 0 Å². The van der Waals surface area contributed by atoms with E-state index in [9.17, 15) is 0 Å². The van der Waals surface area contributed by atoms with Crippen LogP contribution in [0.15, 0.2) is 6.07 Å². The Kier molecular flexibility index (Phi) is 3.61. The van der Waals surface area contributed by atoms with E-state index in [1.165, 1.54) is 25.1 Å². The van der Waals surface area contributed by atoms with Gasteiger partial charge in [-0.3, -0.25) is 9.58 Å². The van der Waals surface area contributed by atoms with Crippen molar-refractivity contribution >= 4 is 0 Å². The summed E-state index contributed by atoms with van der Waals surface area (Å²) in [5, 5.41) is 4.47. The smallest absolute Gasteiger partial charge is 0.0597 e. The van der Waals surface area contributed by atoms with Gasteiger partial charge in [0.05, 0.1) is 11.4 Å². The van der Waals surface area contributed by atoms with Gasteiger partial charge in [-0.05, 0) is 39.3 Å². The minimum Gasteiger partial charge on any atom is -0.327 e. The summed E-state index contributed by atoms with van der Waals surface area (Å²) in [5.41, 5.74) is 8.41. The first-order chi connectivity index (χ1) is 7.69. The van der Waals surface area contributed by atoms with Gasteiger partial charge in [-0.25, -0.2) is 0 Å². The fraction of sp³-hybridized carbons (Fsp3) is 0.750. The highest BCUT2D eigenvalue weighted by molar-refractivity contribution is 5.09. The van der Waals surface area contributed by atoms with E-state index in [2.05, 4.69) is 34.6 Å². The van der Waals surface area contributed by atoms with Crippen LogP contribution >= 0.6 is 0 Å². The molecule has 0 saturated carbocycles. The highest BCUT2D eigenvalue weighted by Gasteiger charge is 2.18. The van der Waals surface area contributed by atoms with E-state index in [-0.39, 0.29) is 0 Å². The molecule has 1 aliphatic rings. The largest absolute Gasteiger partial charge is 0.327 e. The fourth-order valence-corrected chi connectivity index (χ4v) is 2.46. The fourth-order valence-electron chi connectivity index (χ4n) is 2.46. The van der Waals surface area contributed by atoms with Crippen molar-refractivity contribution in [2.24, 2.45) is 5.73 Å². The molecule has 1 aromatic heterocycles. The predicted octanol–water partition coefficient (Wildman–Crippen LogP) is 1.13. The molecule has 0 bridgehead atoms. The molecule has 90 valence electrons. The van der Waals surface area contributed by atoms with Crippen LogP contribution < -0.4 is 5.73 Å². The second-order valence-electron chi connectivity index (χ2n) is 4.73. The summed E-state index contributed by atoms with van der Waals surface area (Å²) in [6, 6.07) is 2.54. The average Bonchev–Trinajstić information content (AvgIpc) is 2.59. The van der Waals surface area contributed by atoms with Gasteiger partial charge in [-0.1, -0.05) is 0 Å². The van der Waals surface area contributed by atoms with E-state index >= 15 is 0 Å². The number of likely N-dealkylation sites (tertiary alicyclic amines) is 1. The molecule has 0 unspecified atom stereocenters. The molecule has 1 saturated heterocycles. The molecule has 16 heavy (non-hydrogen) atoms. The van der Waals surface area contributed by atoms with E-state index < -0.39 is 0 Å². The lowest BCUT2D eigenvalue weighted by Gasteiger charge is -2.30. The first kappa shape index (κ1) is 11.6. The van der Waals surface area contributed by atoms with E-state index in [4.69, 9.17) is 5.73 Å². The maximum atomic E-state index is 5.99. The van der Waals surface area contributed by atoms with Gasteiger partial charge in [0.1, 0.15) is 0 Å². The van der Waals surface area contributed by atoms with Crippen LogP contribution in [0.25, 0.3) is 0 Å². The maximum Gasteiger partial charge on any atom is 0.0597 e. The first-order valence-corrected chi connectivity index (χ1v) is 6.20.